The molecular formula is C24H23N3O2S. The van der Waals surface area contributed by atoms with Gasteiger partial charge < -0.3 is 15.0 Å². The third kappa shape index (κ3) is 3.64. The number of benzene rings is 1. The molecule has 4 aromatic rings. The van der Waals surface area contributed by atoms with Crippen LogP contribution in [0.25, 0.3) is 32.5 Å². The van der Waals surface area contributed by atoms with Crippen LogP contribution < -0.4 is 15.6 Å². The van der Waals surface area contributed by atoms with Gasteiger partial charge in [0.25, 0.3) is 5.56 Å². The van der Waals surface area contributed by atoms with E-state index in [1.54, 1.807) is 17.5 Å². The van der Waals surface area contributed by atoms with Crippen molar-refractivity contribution in [1.82, 2.24) is 15.3 Å². The summed E-state index contributed by atoms with van der Waals surface area (Å²) in [6.07, 6.45) is 5.75. The number of hydrogen-bond donors (Lipinski definition) is 2. The molecule has 30 heavy (non-hydrogen) atoms. The minimum absolute atomic E-state index is 0.124. The van der Waals surface area contributed by atoms with E-state index in [0.29, 0.717) is 23.8 Å². The molecule has 3 aromatic heterocycles. The summed E-state index contributed by atoms with van der Waals surface area (Å²) in [6.45, 7) is 2.66. The van der Waals surface area contributed by atoms with Crippen molar-refractivity contribution in [3.05, 3.63) is 70.6 Å². The van der Waals surface area contributed by atoms with E-state index in [1.165, 1.54) is 0 Å². The first-order valence-electron chi connectivity index (χ1n) is 10.3. The fraction of sp³-hybridized carbons (Fsp3) is 0.250. The van der Waals surface area contributed by atoms with Gasteiger partial charge in [-0.3, -0.25) is 9.78 Å². The normalized spacial score (nSPS) is 14.8. The number of pyridine rings is 2. The third-order valence-electron chi connectivity index (χ3n) is 5.66. The van der Waals surface area contributed by atoms with E-state index in [1.807, 2.05) is 54.0 Å². The summed E-state index contributed by atoms with van der Waals surface area (Å²) in [5.74, 6) is 1.18. The Morgan fingerprint density at radius 3 is 2.77 bits per heavy atom. The predicted octanol–water partition coefficient (Wildman–Crippen LogP) is 4.70. The molecule has 1 aliphatic rings. The number of rotatable bonds is 5. The number of ether oxygens (including phenoxy) is 1. The van der Waals surface area contributed by atoms with Crippen LogP contribution in [0, 0.1) is 5.92 Å². The smallest absolute Gasteiger partial charge is 0.260 e. The molecule has 2 N–H and O–H groups in total. The van der Waals surface area contributed by atoms with E-state index in [4.69, 9.17) is 4.74 Å². The fourth-order valence-corrected chi connectivity index (χ4v) is 4.86. The molecule has 1 saturated heterocycles. The Morgan fingerprint density at radius 2 is 2.00 bits per heavy atom. The van der Waals surface area contributed by atoms with Crippen LogP contribution in [0.2, 0.25) is 0 Å². The van der Waals surface area contributed by atoms with Gasteiger partial charge in [-0.15, -0.1) is 11.3 Å². The molecule has 0 saturated carbocycles. The number of piperidine rings is 1. The maximum atomic E-state index is 13.2. The van der Waals surface area contributed by atoms with Crippen LogP contribution >= 0.6 is 11.3 Å². The lowest BCUT2D eigenvalue weighted by atomic mass is 9.99. The molecular weight excluding hydrogens is 394 g/mol. The molecule has 0 bridgehead atoms. The lowest BCUT2D eigenvalue weighted by molar-refractivity contribution is 0.217. The van der Waals surface area contributed by atoms with Crippen molar-refractivity contribution >= 4 is 22.2 Å². The minimum atomic E-state index is -0.124. The number of nitrogens with one attached hydrogen (secondary N) is 2. The number of hydrogen-bond acceptors (Lipinski definition) is 5. The zero-order chi connectivity index (χ0) is 20.3. The number of para-hydroxylation sites is 1. The molecule has 0 aliphatic carbocycles. The number of thiophene rings is 1. The molecule has 152 valence electrons. The molecule has 0 radical (unpaired) electrons. The molecule has 0 unspecified atom stereocenters. The van der Waals surface area contributed by atoms with Gasteiger partial charge >= 0.3 is 0 Å². The number of aromatic amines is 1. The summed E-state index contributed by atoms with van der Waals surface area (Å²) in [4.78, 5) is 21.5. The van der Waals surface area contributed by atoms with Crippen molar-refractivity contribution in [3.8, 4) is 27.3 Å². The first-order valence-corrected chi connectivity index (χ1v) is 11.2. The third-order valence-corrected chi connectivity index (χ3v) is 6.55. The van der Waals surface area contributed by atoms with E-state index < -0.39 is 0 Å². The first-order chi connectivity index (χ1) is 14.8. The molecule has 4 heterocycles. The molecule has 1 aromatic carbocycles. The van der Waals surface area contributed by atoms with Gasteiger partial charge in [0.1, 0.15) is 5.75 Å². The Kier molecular flexibility index (Phi) is 5.34. The van der Waals surface area contributed by atoms with Crippen molar-refractivity contribution in [3.63, 3.8) is 0 Å². The van der Waals surface area contributed by atoms with Gasteiger partial charge in [-0.25, -0.2) is 0 Å². The second-order valence-corrected chi connectivity index (χ2v) is 8.56. The van der Waals surface area contributed by atoms with E-state index in [9.17, 15) is 4.79 Å². The molecule has 1 fully saturated rings. The van der Waals surface area contributed by atoms with Crippen molar-refractivity contribution < 1.29 is 4.74 Å². The van der Waals surface area contributed by atoms with Crippen molar-refractivity contribution in [2.24, 2.45) is 5.92 Å². The largest absolute Gasteiger partial charge is 0.492 e. The zero-order valence-corrected chi connectivity index (χ0v) is 17.4. The highest BCUT2D eigenvalue weighted by molar-refractivity contribution is 7.13. The van der Waals surface area contributed by atoms with Crippen LogP contribution in [0.4, 0.5) is 0 Å². The number of nitrogens with zero attached hydrogens (tertiary/aromatic N) is 1. The van der Waals surface area contributed by atoms with Crippen molar-refractivity contribution in [1.29, 1.82) is 0 Å². The maximum Gasteiger partial charge on any atom is 0.260 e. The SMILES string of the molecule is O=c1[nH]c2c(-c3cccnc3)cccc2c(OCC2CCNCC2)c1-c1cccs1. The molecule has 1 aliphatic heterocycles. The van der Waals surface area contributed by atoms with Gasteiger partial charge in [0, 0.05) is 33.8 Å². The zero-order valence-electron chi connectivity index (χ0n) is 16.6. The highest BCUT2D eigenvalue weighted by Gasteiger charge is 2.21. The average molecular weight is 418 g/mol. The Hall–Kier alpha value is -2.96. The van der Waals surface area contributed by atoms with E-state index >= 15 is 0 Å². The van der Waals surface area contributed by atoms with Gasteiger partial charge in [-0.2, -0.15) is 0 Å². The standard InChI is InChI=1S/C24H23N3O2S/c28-24-21(20-7-3-13-30-20)23(29-15-16-8-11-25-12-9-16)19-6-1-5-18(22(19)27-24)17-4-2-10-26-14-17/h1-7,10,13-14,16,25H,8-9,11-12,15H2,(H,27,28). The van der Waals surface area contributed by atoms with Crippen LogP contribution in [-0.2, 0) is 0 Å². The molecule has 0 amide bonds. The highest BCUT2D eigenvalue weighted by Crippen LogP contribution is 2.38. The molecule has 0 atom stereocenters. The quantitative estimate of drug-likeness (QED) is 0.494. The van der Waals surface area contributed by atoms with E-state index in [2.05, 4.69) is 15.3 Å². The fourth-order valence-electron chi connectivity index (χ4n) is 4.10. The lowest BCUT2D eigenvalue weighted by Crippen LogP contribution is -2.30. The summed E-state index contributed by atoms with van der Waals surface area (Å²) in [5.41, 5.74) is 3.20. The summed E-state index contributed by atoms with van der Waals surface area (Å²) in [7, 11) is 0. The van der Waals surface area contributed by atoms with E-state index in [-0.39, 0.29) is 5.56 Å². The predicted molar refractivity (Wildman–Crippen MR) is 122 cm³/mol. The van der Waals surface area contributed by atoms with Crippen molar-refractivity contribution in [2.75, 3.05) is 19.7 Å². The maximum absolute atomic E-state index is 13.2. The van der Waals surface area contributed by atoms with Crippen LogP contribution in [0.5, 0.6) is 5.75 Å². The molecule has 6 heteroatoms. The van der Waals surface area contributed by atoms with Gasteiger partial charge in [-0.05, 0) is 55.4 Å². The van der Waals surface area contributed by atoms with Gasteiger partial charge in [-0.1, -0.05) is 24.3 Å². The van der Waals surface area contributed by atoms with Crippen LogP contribution in [0.1, 0.15) is 12.8 Å². The number of fused-ring (bicyclic) bond motifs is 1. The van der Waals surface area contributed by atoms with Crippen LogP contribution in [-0.4, -0.2) is 29.7 Å². The van der Waals surface area contributed by atoms with Gasteiger partial charge in [0.2, 0.25) is 0 Å². The Balaban J connectivity index is 1.67. The summed E-state index contributed by atoms with van der Waals surface area (Å²) in [5, 5.41) is 6.31. The molecule has 0 spiro atoms. The monoisotopic (exact) mass is 417 g/mol. The number of H-pyrrole nitrogens is 1. The second-order valence-electron chi connectivity index (χ2n) is 7.61. The molecule has 5 rings (SSSR count). The average Bonchev–Trinajstić information content (AvgIpc) is 3.32. The number of aromatic nitrogens is 2. The van der Waals surface area contributed by atoms with E-state index in [0.717, 1.165) is 52.8 Å². The topological polar surface area (TPSA) is 67.0 Å². The highest BCUT2D eigenvalue weighted by atomic mass is 32.1. The summed E-state index contributed by atoms with van der Waals surface area (Å²) < 4.78 is 6.43. The Labute approximate surface area is 178 Å². The summed E-state index contributed by atoms with van der Waals surface area (Å²) in [6, 6.07) is 13.9. The van der Waals surface area contributed by atoms with Crippen LogP contribution in [0.15, 0.2) is 65.0 Å². The summed E-state index contributed by atoms with van der Waals surface area (Å²) >= 11 is 1.55. The Morgan fingerprint density at radius 1 is 1.10 bits per heavy atom. The molecule has 5 nitrogen and oxygen atoms in total. The minimum Gasteiger partial charge on any atom is -0.492 e. The van der Waals surface area contributed by atoms with Gasteiger partial charge in [0.15, 0.2) is 0 Å². The van der Waals surface area contributed by atoms with Crippen LogP contribution in [0.3, 0.4) is 0 Å². The van der Waals surface area contributed by atoms with Crippen molar-refractivity contribution in [2.45, 2.75) is 12.8 Å². The lowest BCUT2D eigenvalue weighted by Gasteiger charge is -2.24. The first kappa shape index (κ1) is 19.0. The second kappa shape index (κ2) is 8.42. The van der Waals surface area contributed by atoms with Gasteiger partial charge in [0.05, 0.1) is 17.7 Å². The Bertz CT molecular complexity index is 1200.